The highest BCUT2D eigenvalue weighted by atomic mass is 16.2. The molecule has 7 nitrogen and oxygen atoms in total. The number of anilines is 1. The van der Waals surface area contributed by atoms with E-state index in [2.05, 4.69) is 46.6 Å². The van der Waals surface area contributed by atoms with Crippen LogP contribution in [0.2, 0.25) is 0 Å². The van der Waals surface area contributed by atoms with E-state index in [4.69, 9.17) is 0 Å². The number of benzene rings is 1. The van der Waals surface area contributed by atoms with Gasteiger partial charge in [0, 0.05) is 39.9 Å². The highest BCUT2D eigenvalue weighted by Crippen LogP contribution is 2.16. The van der Waals surface area contributed by atoms with Gasteiger partial charge in [-0.05, 0) is 17.5 Å². The summed E-state index contributed by atoms with van der Waals surface area (Å²) in [5.74, 6) is 0.816. The maximum Gasteiger partial charge on any atom is 0.246 e. The van der Waals surface area contributed by atoms with E-state index >= 15 is 0 Å². The second-order valence-electron chi connectivity index (χ2n) is 6.36. The number of hydrogen-bond acceptors (Lipinski definition) is 3. The van der Waals surface area contributed by atoms with Gasteiger partial charge in [-0.15, -0.1) is 0 Å². The summed E-state index contributed by atoms with van der Waals surface area (Å²) in [4.78, 5) is 20.7. The maximum absolute atomic E-state index is 12.6. The fourth-order valence-corrected chi connectivity index (χ4v) is 3.26. The van der Waals surface area contributed by atoms with Crippen molar-refractivity contribution in [3.05, 3.63) is 47.8 Å². The molecule has 1 amide bonds. The Morgan fingerprint density at radius 1 is 1.27 bits per heavy atom. The molecule has 7 heteroatoms. The molecule has 0 radical (unpaired) electrons. The van der Waals surface area contributed by atoms with Crippen molar-refractivity contribution in [2.75, 3.05) is 31.6 Å². The summed E-state index contributed by atoms with van der Waals surface area (Å²) < 4.78 is 1.71. The average Bonchev–Trinajstić information content (AvgIpc) is 3.08. The largest absolute Gasteiger partial charge is 0.352 e. The van der Waals surface area contributed by atoms with Crippen molar-refractivity contribution in [3.8, 4) is 0 Å². The first-order valence-corrected chi connectivity index (χ1v) is 8.93. The lowest BCUT2D eigenvalue weighted by atomic mass is 10.1. The molecule has 1 fully saturated rings. The van der Waals surface area contributed by atoms with E-state index in [-0.39, 0.29) is 5.91 Å². The van der Waals surface area contributed by atoms with Crippen LogP contribution in [0.3, 0.4) is 0 Å². The fraction of sp³-hybridized carbons (Fsp3) is 0.421. The van der Waals surface area contributed by atoms with Gasteiger partial charge in [0.25, 0.3) is 0 Å². The normalized spacial score (nSPS) is 15.5. The summed E-state index contributed by atoms with van der Waals surface area (Å²) in [5.41, 5.74) is 3.43. The Morgan fingerprint density at radius 3 is 2.65 bits per heavy atom. The summed E-state index contributed by atoms with van der Waals surface area (Å²) >= 11 is 0. The number of rotatable bonds is 4. The molecule has 1 saturated heterocycles. The molecule has 1 N–H and O–H groups in total. The number of nitrogens with one attached hydrogen (secondary N) is 1. The number of carbonyl (C=O) groups excluding carboxylic acids is 1. The zero-order chi connectivity index (χ0) is 18.5. The minimum absolute atomic E-state index is 0.0566. The minimum atomic E-state index is 0.0566. The van der Waals surface area contributed by atoms with E-state index in [0.29, 0.717) is 19.6 Å². The SMILES string of the molecule is CCc1ccccc1CNC(=NC)N1CCN(c2cnn(C)c2)C(=O)C1. The van der Waals surface area contributed by atoms with Crippen LogP contribution >= 0.6 is 0 Å². The molecule has 0 spiro atoms. The first-order chi connectivity index (χ1) is 12.6. The van der Waals surface area contributed by atoms with Crippen molar-refractivity contribution < 1.29 is 4.79 Å². The molecule has 0 bridgehead atoms. The van der Waals surface area contributed by atoms with Crippen molar-refractivity contribution in [2.24, 2.45) is 12.0 Å². The third-order valence-corrected chi connectivity index (χ3v) is 4.67. The van der Waals surface area contributed by atoms with Crippen molar-refractivity contribution in [1.29, 1.82) is 0 Å². The second-order valence-corrected chi connectivity index (χ2v) is 6.36. The third kappa shape index (κ3) is 3.87. The Bertz CT molecular complexity index is 797. The lowest BCUT2D eigenvalue weighted by Crippen LogP contribution is -2.55. The number of guanidine groups is 1. The molecule has 0 unspecified atom stereocenters. The Balaban J connectivity index is 1.62. The predicted octanol–water partition coefficient (Wildman–Crippen LogP) is 1.41. The molecule has 1 aliphatic heterocycles. The number of nitrogens with zero attached hydrogens (tertiary/aromatic N) is 5. The second kappa shape index (κ2) is 8.03. The molecule has 1 aromatic heterocycles. The number of carbonyl (C=O) groups is 1. The van der Waals surface area contributed by atoms with Crippen LogP contribution < -0.4 is 10.2 Å². The highest BCUT2D eigenvalue weighted by molar-refractivity contribution is 5.98. The molecule has 0 aliphatic carbocycles. The lowest BCUT2D eigenvalue weighted by molar-refractivity contribution is -0.120. The lowest BCUT2D eigenvalue weighted by Gasteiger charge is -2.35. The summed E-state index contributed by atoms with van der Waals surface area (Å²) in [5, 5.41) is 7.55. The van der Waals surface area contributed by atoms with Crippen molar-refractivity contribution in [3.63, 3.8) is 0 Å². The standard InChI is InChI=1S/C19H26N6O/c1-4-15-7-5-6-8-16(15)11-21-19(20-2)24-9-10-25(18(26)14-24)17-12-22-23(3)13-17/h5-8,12-13H,4,9-11,14H2,1-3H3,(H,20,21). The van der Waals surface area contributed by atoms with Crippen molar-refractivity contribution in [2.45, 2.75) is 19.9 Å². The van der Waals surface area contributed by atoms with Gasteiger partial charge in [-0.2, -0.15) is 5.10 Å². The van der Waals surface area contributed by atoms with Gasteiger partial charge in [0.1, 0.15) is 6.54 Å². The van der Waals surface area contributed by atoms with Crippen LogP contribution in [0.1, 0.15) is 18.1 Å². The van der Waals surface area contributed by atoms with E-state index in [1.807, 2.05) is 18.1 Å². The van der Waals surface area contributed by atoms with E-state index in [1.54, 1.807) is 22.8 Å². The van der Waals surface area contributed by atoms with Gasteiger partial charge < -0.3 is 15.1 Å². The number of aliphatic imine (C=N–C) groups is 1. The molecule has 0 atom stereocenters. The van der Waals surface area contributed by atoms with Crippen LogP contribution in [0.5, 0.6) is 0 Å². The smallest absolute Gasteiger partial charge is 0.246 e. The van der Waals surface area contributed by atoms with Crippen LogP contribution in [-0.4, -0.2) is 53.2 Å². The van der Waals surface area contributed by atoms with Crippen LogP contribution in [0.25, 0.3) is 0 Å². The third-order valence-electron chi connectivity index (χ3n) is 4.67. The zero-order valence-electron chi connectivity index (χ0n) is 15.6. The van der Waals surface area contributed by atoms with Gasteiger partial charge in [0.05, 0.1) is 11.9 Å². The Hall–Kier alpha value is -2.83. The predicted molar refractivity (Wildman–Crippen MR) is 103 cm³/mol. The minimum Gasteiger partial charge on any atom is -0.352 e. The molecular formula is C19H26N6O. The summed E-state index contributed by atoms with van der Waals surface area (Å²) in [7, 11) is 3.61. The van der Waals surface area contributed by atoms with Gasteiger partial charge >= 0.3 is 0 Å². The van der Waals surface area contributed by atoms with Gasteiger partial charge in [-0.1, -0.05) is 31.2 Å². The van der Waals surface area contributed by atoms with Crippen LogP contribution in [0, 0.1) is 0 Å². The first kappa shape index (κ1) is 18.0. The van der Waals surface area contributed by atoms with Crippen LogP contribution in [0.4, 0.5) is 5.69 Å². The average molecular weight is 354 g/mol. The van der Waals surface area contributed by atoms with Gasteiger partial charge in [-0.3, -0.25) is 14.5 Å². The first-order valence-electron chi connectivity index (χ1n) is 8.93. The molecule has 0 saturated carbocycles. The van der Waals surface area contributed by atoms with Gasteiger partial charge in [0.2, 0.25) is 5.91 Å². The summed E-state index contributed by atoms with van der Waals surface area (Å²) in [6, 6.07) is 8.39. The quantitative estimate of drug-likeness (QED) is 0.666. The number of aryl methyl sites for hydroxylation is 2. The monoisotopic (exact) mass is 354 g/mol. The molecule has 2 heterocycles. The summed E-state index contributed by atoms with van der Waals surface area (Å²) in [6.07, 6.45) is 4.59. The molecule has 3 rings (SSSR count). The van der Waals surface area contributed by atoms with E-state index < -0.39 is 0 Å². The molecular weight excluding hydrogens is 328 g/mol. The van der Waals surface area contributed by atoms with Crippen molar-refractivity contribution in [1.82, 2.24) is 20.0 Å². The topological polar surface area (TPSA) is 65.8 Å². The van der Waals surface area contributed by atoms with Gasteiger partial charge in [-0.25, -0.2) is 0 Å². The fourth-order valence-electron chi connectivity index (χ4n) is 3.26. The van der Waals surface area contributed by atoms with E-state index in [9.17, 15) is 4.79 Å². The van der Waals surface area contributed by atoms with E-state index in [0.717, 1.165) is 24.6 Å². The molecule has 1 aliphatic rings. The Kier molecular flexibility index (Phi) is 5.55. The van der Waals surface area contributed by atoms with Crippen LogP contribution in [-0.2, 0) is 24.8 Å². The molecule has 26 heavy (non-hydrogen) atoms. The van der Waals surface area contributed by atoms with Crippen LogP contribution in [0.15, 0.2) is 41.7 Å². The Labute approximate surface area is 154 Å². The van der Waals surface area contributed by atoms with Crippen molar-refractivity contribution >= 4 is 17.6 Å². The number of aromatic nitrogens is 2. The highest BCUT2D eigenvalue weighted by Gasteiger charge is 2.27. The zero-order valence-corrected chi connectivity index (χ0v) is 15.6. The van der Waals surface area contributed by atoms with Gasteiger partial charge in [0.15, 0.2) is 5.96 Å². The molecule has 1 aromatic carbocycles. The van der Waals surface area contributed by atoms with E-state index in [1.165, 1.54) is 11.1 Å². The maximum atomic E-state index is 12.6. The number of amides is 1. The summed E-state index contributed by atoms with van der Waals surface area (Å²) in [6.45, 7) is 4.52. The Morgan fingerprint density at radius 2 is 2.04 bits per heavy atom. The molecule has 138 valence electrons. The number of piperazine rings is 1. The number of hydrogen-bond donors (Lipinski definition) is 1. The molecule has 2 aromatic rings.